The number of phosphoric acid groups is 1. The van der Waals surface area contributed by atoms with E-state index in [1.54, 1.807) is 6.92 Å². The number of aliphatic hydroxyl groups excluding tert-OH is 1. The van der Waals surface area contributed by atoms with Gasteiger partial charge in [0.1, 0.15) is 24.2 Å². The average molecular weight is 927 g/mol. The molecule has 7 unspecified atom stereocenters. The molecule has 62 heavy (non-hydrogen) atoms. The summed E-state index contributed by atoms with van der Waals surface area (Å²) in [4.78, 5) is 47.3. The van der Waals surface area contributed by atoms with Crippen LogP contribution in [0.2, 0.25) is 0 Å². The maximum Gasteiger partial charge on any atom is 0.469 e. The molecule has 0 spiro atoms. The van der Waals surface area contributed by atoms with Crippen LogP contribution in [0.15, 0.2) is 18.2 Å². The Bertz CT molecular complexity index is 1780. The van der Waals surface area contributed by atoms with Crippen LogP contribution in [0.3, 0.4) is 0 Å². The molecule has 2 saturated heterocycles. The topological polar surface area (TPSA) is 165 Å². The molecule has 2 saturated carbocycles. The number of ether oxygens (including phenoxy) is 4. The Morgan fingerprint density at radius 1 is 0.919 bits per heavy atom. The highest BCUT2D eigenvalue weighted by atomic mass is 31.2. The number of imide groups is 1. The largest absolute Gasteiger partial charge is 0.494 e. The van der Waals surface area contributed by atoms with Gasteiger partial charge in [-0.25, -0.2) is 9.36 Å². The van der Waals surface area contributed by atoms with Gasteiger partial charge in [0.05, 0.1) is 31.8 Å². The average Bonchev–Trinajstić information content (AvgIpc) is 3.72. The van der Waals surface area contributed by atoms with Crippen molar-refractivity contribution in [2.75, 3.05) is 39.5 Å². The maximum atomic E-state index is 13.4. The molecule has 13 nitrogen and oxygen atoms in total. The zero-order valence-electron chi connectivity index (χ0n) is 34.0. The molecule has 0 aromatic heterocycles. The molecular weight excluding hydrogens is 874 g/mol. The minimum atomic E-state index is -6.78. The number of alkyl halides is 9. The lowest BCUT2D eigenvalue weighted by Crippen LogP contribution is -2.67. The molecule has 9 atom stereocenters. The molecular formula is C39H52F9N2O11P. The minimum absolute atomic E-state index is 0.0200. The smallest absolute Gasteiger partial charge is 0.469 e. The fourth-order valence-corrected chi connectivity index (χ4v) is 11.0. The summed E-state index contributed by atoms with van der Waals surface area (Å²) >= 11 is 0. The predicted molar refractivity (Wildman–Crippen MR) is 197 cm³/mol. The molecule has 3 N–H and O–H groups in total. The standard InChI is InChI=1S/C39H52F9N2O11P/c1-22-20-50(32-19-29(30(21-51)60-32)61-62(54,55)56)34(53)49(33(22)52)14-3-4-15-57-24-7-9-25-23(18-24)6-8-27-26(25)12-13-35(2)28(27)10-11-31(35)58-16-5-17-59-36(37(40,41)42,38(43,44)45)39(46,47)48/h7,9,18,22,26-32,51H,3-6,8,10-17,19-21H2,1-2H3,(H2,54,55,56)/t22?,26?,27?,28?,29-,30?,31?,32-,35?/m1/s1. The number of aliphatic hydroxyl groups is 1. The van der Waals surface area contributed by atoms with Crippen molar-refractivity contribution >= 4 is 19.8 Å². The third-order valence-electron chi connectivity index (χ3n) is 13.4. The van der Waals surface area contributed by atoms with E-state index in [-0.39, 0.29) is 55.4 Å². The molecule has 3 amide bonds. The number of hydrogen-bond donors (Lipinski definition) is 3. The number of phosphoric ester groups is 1. The van der Waals surface area contributed by atoms with E-state index in [9.17, 15) is 68.6 Å². The Morgan fingerprint density at radius 3 is 2.26 bits per heavy atom. The highest BCUT2D eigenvalue weighted by molar-refractivity contribution is 7.46. The second-order valence-corrected chi connectivity index (χ2v) is 18.4. The third-order valence-corrected chi connectivity index (χ3v) is 13.9. The summed E-state index contributed by atoms with van der Waals surface area (Å²) in [6.07, 6.45) is -19.1. The Kier molecular flexibility index (Phi) is 14.4. The Hall–Kier alpha value is -2.72. The monoisotopic (exact) mass is 926 g/mol. The fourth-order valence-electron chi connectivity index (χ4n) is 10.4. The molecule has 6 rings (SSSR count). The van der Waals surface area contributed by atoms with Crippen LogP contribution in [-0.2, 0) is 34.5 Å². The fraction of sp³-hybridized carbons (Fsp3) is 0.795. The first-order valence-corrected chi connectivity index (χ1v) is 22.2. The number of hydrogen-bond acceptors (Lipinski definition) is 9. The van der Waals surface area contributed by atoms with Crippen LogP contribution < -0.4 is 4.74 Å². The SMILES string of the molecule is CC1CN([C@H]2C[C@@H](OP(=O)(O)O)C(CO)O2)C(=O)N(CCCCOc2ccc3c(c2)CCC2C3CCC3(C)C(OCCCOC(C(F)(F)F)(C(F)(F)F)C(F)(F)F)CCC23)C1=O. The molecule has 4 fully saturated rings. The van der Waals surface area contributed by atoms with E-state index in [0.717, 1.165) is 42.6 Å². The minimum Gasteiger partial charge on any atom is -0.494 e. The van der Waals surface area contributed by atoms with Crippen molar-refractivity contribution in [1.82, 2.24) is 9.80 Å². The number of carbonyl (C=O) groups excluding carboxylic acids is 2. The molecule has 3 aliphatic carbocycles. The van der Waals surface area contributed by atoms with Gasteiger partial charge in [-0.05, 0) is 104 Å². The molecule has 352 valence electrons. The lowest BCUT2D eigenvalue weighted by molar-refractivity contribution is -0.457. The van der Waals surface area contributed by atoms with Crippen molar-refractivity contribution in [2.24, 2.45) is 23.2 Å². The van der Waals surface area contributed by atoms with Crippen LogP contribution in [0.25, 0.3) is 0 Å². The van der Waals surface area contributed by atoms with Gasteiger partial charge in [-0.1, -0.05) is 19.9 Å². The van der Waals surface area contributed by atoms with Crippen molar-refractivity contribution in [3.63, 3.8) is 0 Å². The number of halogens is 9. The molecule has 0 bridgehead atoms. The zero-order valence-corrected chi connectivity index (χ0v) is 34.9. The summed E-state index contributed by atoms with van der Waals surface area (Å²) in [6.45, 7) is 1.70. The van der Waals surface area contributed by atoms with E-state index in [2.05, 4.69) is 17.7 Å². The van der Waals surface area contributed by atoms with Crippen LogP contribution in [-0.4, -0.2) is 125 Å². The van der Waals surface area contributed by atoms with Crippen LogP contribution in [0.4, 0.5) is 44.3 Å². The molecule has 2 heterocycles. The first-order valence-electron chi connectivity index (χ1n) is 20.7. The second-order valence-electron chi connectivity index (χ2n) is 17.2. The van der Waals surface area contributed by atoms with Crippen molar-refractivity contribution in [3.05, 3.63) is 29.3 Å². The highest BCUT2D eigenvalue weighted by Crippen LogP contribution is 2.62. The second kappa shape index (κ2) is 18.3. The number of aryl methyl sites for hydroxylation is 1. The zero-order chi connectivity index (χ0) is 45.6. The van der Waals surface area contributed by atoms with Gasteiger partial charge in [-0.2, -0.15) is 39.5 Å². The van der Waals surface area contributed by atoms with Crippen molar-refractivity contribution in [2.45, 2.75) is 133 Å². The molecule has 23 heteroatoms. The quantitative estimate of drug-likeness (QED) is 0.0860. The number of urea groups is 1. The number of carbonyl (C=O) groups is 2. The lowest BCUT2D eigenvalue weighted by Gasteiger charge is -2.50. The number of fused-ring (bicyclic) bond motifs is 5. The van der Waals surface area contributed by atoms with Gasteiger partial charge in [0, 0.05) is 26.1 Å². The molecule has 2 aliphatic heterocycles. The first kappa shape index (κ1) is 48.7. The number of amides is 3. The first-order chi connectivity index (χ1) is 28.8. The summed E-state index contributed by atoms with van der Waals surface area (Å²) in [5.41, 5.74) is -4.28. The number of nitrogens with zero attached hydrogens (tertiary/aromatic N) is 2. The maximum absolute atomic E-state index is 13.4. The molecule has 1 aromatic rings. The van der Waals surface area contributed by atoms with Gasteiger partial charge < -0.3 is 33.8 Å². The van der Waals surface area contributed by atoms with Gasteiger partial charge >= 0.3 is 38.0 Å². The molecule has 1 aromatic carbocycles. The Labute approximate surface area is 351 Å². The number of rotatable bonds is 16. The normalized spacial score (nSPS) is 31.0. The molecule has 5 aliphatic rings. The van der Waals surface area contributed by atoms with Crippen LogP contribution in [0.1, 0.15) is 88.7 Å². The number of unbranched alkanes of at least 4 members (excludes halogenated alkanes) is 1. The van der Waals surface area contributed by atoms with Crippen LogP contribution in [0, 0.1) is 23.2 Å². The summed E-state index contributed by atoms with van der Waals surface area (Å²) in [5, 5.41) is 9.65. The lowest BCUT2D eigenvalue weighted by atomic mass is 9.55. The van der Waals surface area contributed by atoms with Crippen molar-refractivity contribution in [3.8, 4) is 5.75 Å². The third kappa shape index (κ3) is 9.63. The summed E-state index contributed by atoms with van der Waals surface area (Å²) < 4.78 is 156. The van der Waals surface area contributed by atoms with Crippen molar-refractivity contribution in [1.29, 1.82) is 0 Å². The van der Waals surface area contributed by atoms with Gasteiger partial charge in [0.2, 0.25) is 5.91 Å². The van der Waals surface area contributed by atoms with Crippen molar-refractivity contribution < 1.29 is 92.0 Å². The molecule has 0 radical (unpaired) electrons. The van der Waals surface area contributed by atoms with Gasteiger partial charge in [-0.15, -0.1) is 0 Å². The van der Waals surface area contributed by atoms with E-state index in [0.29, 0.717) is 37.5 Å². The summed E-state index contributed by atoms with van der Waals surface area (Å²) in [7, 11) is -4.90. The van der Waals surface area contributed by atoms with Gasteiger partial charge in [0.25, 0.3) is 0 Å². The number of benzene rings is 1. The Morgan fingerprint density at radius 2 is 1.61 bits per heavy atom. The summed E-state index contributed by atoms with van der Waals surface area (Å²) in [6, 6.07) is 5.34. The highest BCUT2D eigenvalue weighted by Gasteiger charge is 2.85. The van der Waals surface area contributed by atoms with E-state index in [1.807, 2.05) is 12.1 Å². The van der Waals surface area contributed by atoms with Crippen LogP contribution in [0.5, 0.6) is 5.75 Å². The van der Waals surface area contributed by atoms with Crippen LogP contribution >= 0.6 is 7.82 Å². The van der Waals surface area contributed by atoms with E-state index < -0.39 is 82.0 Å². The van der Waals surface area contributed by atoms with E-state index in [4.69, 9.17) is 18.7 Å². The summed E-state index contributed by atoms with van der Waals surface area (Å²) in [5.74, 6) is 0.471. The van der Waals surface area contributed by atoms with E-state index >= 15 is 0 Å². The van der Waals surface area contributed by atoms with E-state index in [1.165, 1.54) is 10.5 Å². The van der Waals surface area contributed by atoms with Gasteiger partial charge in [-0.3, -0.25) is 19.1 Å². The van der Waals surface area contributed by atoms with Gasteiger partial charge in [0.15, 0.2) is 0 Å². The predicted octanol–water partition coefficient (Wildman–Crippen LogP) is 7.40. The Balaban J connectivity index is 0.965.